The highest BCUT2D eigenvalue weighted by Crippen LogP contribution is 2.12. The number of ether oxygens (including phenoxy) is 1. The molecule has 0 N–H and O–H groups in total. The maximum absolute atomic E-state index is 13.6. The van der Waals surface area contributed by atoms with Crippen molar-refractivity contribution in [3.05, 3.63) is 35.6 Å². The third kappa shape index (κ3) is 3.33. The molecule has 0 saturated carbocycles. The number of benzene rings is 1. The van der Waals surface area contributed by atoms with E-state index >= 15 is 0 Å². The van der Waals surface area contributed by atoms with Crippen LogP contribution in [0.25, 0.3) is 0 Å². The number of piperazine rings is 1. The largest absolute Gasteiger partial charge is 0.468 e. The molecule has 1 aliphatic rings. The summed E-state index contributed by atoms with van der Waals surface area (Å²) in [5, 5.41) is 0. The van der Waals surface area contributed by atoms with Gasteiger partial charge in [-0.3, -0.25) is 14.5 Å². The summed E-state index contributed by atoms with van der Waals surface area (Å²) in [5.41, 5.74) is 0.0916. The molecular formula is C14H17FN2O3. The Morgan fingerprint density at radius 2 is 1.85 bits per heavy atom. The maximum Gasteiger partial charge on any atom is 0.319 e. The van der Waals surface area contributed by atoms with Crippen LogP contribution in [0.3, 0.4) is 0 Å². The SMILES string of the molecule is COC(=O)CN1CCN(C(=O)c2ccccc2F)CC1. The van der Waals surface area contributed by atoms with Crippen LogP contribution in [0.4, 0.5) is 4.39 Å². The monoisotopic (exact) mass is 280 g/mol. The first-order valence-corrected chi connectivity index (χ1v) is 6.45. The van der Waals surface area contributed by atoms with Gasteiger partial charge in [-0.15, -0.1) is 0 Å². The minimum absolute atomic E-state index is 0.0916. The van der Waals surface area contributed by atoms with Gasteiger partial charge in [-0.1, -0.05) is 12.1 Å². The first kappa shape index (κ1) is 14.5. The summed E-state index contributed by atoms with van der Waals surface area (Å²) in [6, 6.07) is 5.96. The van der Waals surface area contributed by atoms with Crippen molar-refractivity contribution < 1.29 is 18.7 Å². The van der Waals surface area contributed by atoms with Gasteiger partial charge in [0.25, 0.3) is 5.91 Å². The highest BCUT2D eigenvalue weighted by molar-refractivity contribution is 5.94. The van der Waals surface area contributed by atoms with Gasteiger partial charge in [-0.05, 0) is 12.1 Å². The lowest BCUT2D eigenvalue weighted by Crippen LogP contribution is -2.50. The normalized spacial score (nSPS) is 16.0. The van der Waals surface area contributed by atoms with Crippen molar-refractivity contribution in [3.63, 3.8) is 0 Å². The molecule has 0 aromatic heterocycles. The fourth-order valence-electron chi connectivity index (χ4n) is 2.16. The Kier molecular flexibility index (Phi) is 4.68. The Labute approximate surface area is 116 Å². The van der Waals surface area contributed by atoms with Crippen LogP contribution >= 0.6 is 0 Å². The van der Waals surface area contributed by atoms with E-state index in [0.29, 0.717) is 26.2 Å². The molecule has 0 spiro atoms. The molecular weight excluding hydrogens is 263 g/mol. The molecule has 1 heterocycles. The number of amides is 1. The lowest BCUT2D eigenvalue weighted by molar-refractivity contribution is -0.142. The maximum atomic E-state index is 13.6. The van der Waals surface area contributed by atoms with Gasteiger partial charge in [0.15, 0.2) is 0 Å². The van der Waals surface area contributed by atoms with Crippen molar-refractivity contribution in [2.75, 3.05) is 39.8 Å². The van der Waals surface area contributed by atoms with Gasteiger partial charge in [-0.2, -0.15) is 0 Å². The number of hydrogen-bond donors (Lipinski definition) is 0. The molecule has 1 saturated heterocycles. The van der Waals surface area contributed by atoms with Gasteiger partial charge in [-0.25, -0.2) is 4.39 Å². The number of carbonyl (C=O) groups is 2. The third-order valence-corrected chi connectivity index (χ3v) is 3.34. The Morgan fingerprint density at radius 1 is 1.20 bits per heavy atom. The van der Waals surface area contributed by atoms with E-state index in [2.05, 4.69) is 4.74 Å². The zero-order valence-electron chi connectivity index (χ0n) is 11.3. The third-order valence-electron chi connectivity index (χ3n) is 3.34. The van der Waals surface area contributed by atoms with Crippen molar-refractivity contribution in [2.24, 2.45) is 0 Å². The van der Waals surface area contributed by atoms with E-state index in [0.717, 1.165) is 0 Å². The summed E-state index contributed by atoms with van der Waals surface area (Å²) in [6.07, 6.45) is 0. The quantitative estimate of drug-likeness (QED) is 0.767. The number of hydrogen-bond acceptors (Lipinski definition) is 4. The predicted octanol–water partition coefficient (Wildman–Crippen LogP) is 0.756. The van der Waals surface area contributed by atoms with Crippen LogP contribution in [0.2, 0.25) is 0 Å². The minimum atomic E-state index is -0.505. The van der Waals surface area contributed by atoms with Crippen molar-refractivity contribution in [1.82, 2.24) is 9.80 Å². The Morgan fingerprint density at radius 3 is 2.45 bits per heavy atom. The number of carbonyl (C=O) groups excluding carboxylic acids is 2. The summed E-state index contributed by atoms with van der Waals surface area (Å²) in [4.78, 5) is 26.9. The molecule has 5 nitrogen and oxygen atoms in total. The van der Waals surface area contributed by atoms with Crippen LogP contribution in [-0.4, -0.2) is 61.5 Å². The highest BCUT2D eigenvalue weighted by atomic mass is 19.1. The smallest absolute Gasteiger partial charge is 0.319 e. The molecule has 1 aromatic rings. The van der Waals surface area contributed by atoms with Gasteiger partial charge in [0.05, 0.1) is 19.2 Å². The van der Waals surface area contributed by atoms with E-state index in [1.54, 1.807) is 17.0 Å². The van der Waals surface area contributed by atoms with Crippen LogP contribution < -0.4 is 0 Å². The molecule has 1 aliphatic heterocycles. The van der Waals surface area contributed by atoms with E-state index < -0.39 is 5.82 Å². The molecule has 0 bridgehead atoms. The molecule has 1 amide bonds. The van der Waals surface area contributed by atoms with E-state index in [-0.39, 0.29) is 24.0 Å². The lowest BCUT2D eigenvalue weighted by atomic mass is 10.1. The number of methoxy groups -OCH3 is 1. The van der Waals surface area contributed by atoms with Crippen LogP contribution in [0.1, 0.15) is 10.4 Å². The fourth-order valence-corrected chi connectivity index (χ4v) is 2.16. The van der Waals surface area contributed by atoms with E-state index in [1.807, 2.05) is 4.90 Å². The fraction of sp³-hybridized carbons (Fsp3) is 0.429. The van der Waals surface area contributed by atoms with Crippen molar-refractivity contribution in [1.29, 1.82) is 0 Å². The summed E-state index contributed by atoms with van der Waals surface area (Å²) in [7, 11) is 1.35. The number of halogens is 1. The summed E-state index contributed by atoms with van der Waals surface area (Å²) >= 11 is 0. The second-order valence-electron chi connectivity index (χ2n) is 4.62. The lowest BCUT2D eigenvalue weighted by Gasteiger charge is -2.34. The van der Waals surface area contributed by atoms with E-state index in [1.165, 1.54) is 19.2 Å². The van der Waals surface area contributed by atoms with Crippen molar-refractivity contribution >= 4 is 11.9 Å². The summed E-state index contributed by atoms with van der Waals surface area (Å²) < 4.78 is 18.2. The molecule has 6 heteroatoms. The zero-order chi connectivity index (χ0) is 14.5. The highest BCUT2D eigenvalue weighted by Gasteiger charge is 2.24. The predicted molar refractivity (Wildman–Crippen MR) is 70.8 cm³/mol. The van der Waals surface area contributed by atoms with Gasteiger partial charge >= 0.3 is 5.97 Å². The average molecular weight is 280 g/mol. The Balaban J connectivity index is 1.92. The minimum Gasteiger partial charge on any atom is -0.468 e. The number of rotatable bonds is 3. The Hall–Kier alpha value is -1.95. The Bertz CT molecular complexity index is 499. The number of esters is 1. The van der Waals surface area contributed by atoms with E-state index in [4.69, 9.17) is 0 Å². The molecule has 0 atom stereocenters. The summed E-state index contributed by atoms with van der Waals surface area (Å²) in [6.45, 7) is 2.33. The van der Waals surface area contributed by atoms with Crippen molar-refractivity contribution in [3.8, 4) is 0 Å². The molecule has 2 rings (SSSR count). The molecule has 0 aliphatic carbocycles. The topological polar surface area (TPSA) is 49.9 Å². The molecule has 20 heavy (non-hydrogen) atoms. The standard InChI is InChI=1S/C14H17FN2O3/c1-20-13(18)10-16-6-8-17(9-7-16)14(19)11-4-2-3-5-12(11)15/h2-5H,6-10H2,1H3. The second-order valence-corrected chi connectivity index (χ2v) is 4.62. The number of nitrogens with zero attached hydrogens (tertiary/aromatic N) is 2. The van der Waals surface area contributed by atoms with Gasteiger partial charge in [0, 0.05) is 26.2 Å². The van der Waals surface area contributed by atoms with Gasteiger partial charge in [0.2, 0.25) is 0 Å². The van der Waals surface area contributed by atoms with E-state index in [9.17, 15) is 14.0 Å². The zero-order valence-corrected chi connectivity index (χ0v) is 11.3. The van der Waals surface area contributed by atoms with Crippen LogP contribution in [0.15, 0.2) is 24.3 Å². The summed E-state index contributed by atoms with van der Waals surface area (Å²) in [5.74, 6) is -1.10. The molecule has 0 unspecified atom stereocenters. The molecule has 0 radical (unpaired) electrons. The first-order valence-electron chi connectivity index (χ1n) is 6.45. The van der Waals surface area contributed by atoms with Crippen molar-refractivity contribution in [2.45, 2.75) is 0 Å². The molecule has 1 aromatic carbocycles. The average Bonchev–Trinajstić information content (AvgIpc) is 2.47. The van der Waals surface area contributed by atoms with Gasteiger partial charge in [0.1, 0.15) is 5.82 Å². The van der Waals surface area contributed by atoms with Crippen LogP contribution in [-0.2, 0) is 9.53 Å². The van der Waals surface area contributed by atoms with Crippen LogP contribution in [0.5, 0.6) is 0 Å². The second kappa shape index (κ2) is 6.47. The first-order chi connectivity index (χ1) is 9.61. The molecule has 1 fully saturated rings. The van der Waals surface area contributed by atoms with Gasteiger partial charge < -0.3 is 9.64 Å². The molecule has 108 valence electrons. The van der Waals surface area contributed by atoms with Crippen LogP contribution in [0, 0.1) is 5.82 Å².